The van der Waals surface area contributed by atoms with Crippen molar-refractivity contribution in [1.29, 1.82) is 0 Å². The topological polar surface area (TPSA) is 89.3 Å². The zero-order chi connectivity index (χ0) is 18.8. The highest BCUT2D eigenvalue weighted by molar-refractivity contribution is 9.10. The molecule has 0 fully saturated rings. The highest BCUT2D eigenvalue weighted by atomic mass is 79.9. The smallest absolute Gasteiger partial charge is 0.263 e. The number of rotatable bonds is 6. The number of aryl methyl sites for hydroxylation is 2. The van der Waals surface area contributed by atoms with Crippen LogP contribution in [-0.4, -0.2) is 17.8 Å². The molecule has 2 rings (SSSR count). The van der Waals surface area contributed by atoms with Crippen molar-refractivity contribution >= 4 is 26.0 Å². The number of halogens is 1. The summed E-state index contributed by atoms with van der Waals surface area (Å²) in [6.07, 6.45) is 0. The lowest BCUT2D eigenvalue weighted by Gasteiger charge is -2.26. The second kappa shape index (κ2) is 7.23. The van der Waals surface area contributed by atoms with E-state index in [1.165, 1.54) is 19.1 Å². The van der Waals surface area contributed by atoms with Crippen LogP contribution in [0.1, 0.15) is 29.7 Å². The second-order valence-electron chi connectivity index (χ2n) is 6.06. The third kappa shape index (κ3) is 4.45. The minimum atomic E-state index is -3.94. The summed E-state index contributed by atoms with van der Waals surface area (Å²) < 4.78 is 26.2. The third-order valence-electron chi connectivity index (χ3n) is 3.90. The largest absolute Gasteiger partial charge is 0.291 e. The first-order chi connectivity index (χ1) is 11.5. The average molecular weight is 427 g/mol. The number of nitrogens with one attached hydrogen (secondary N) is 1. The van der Waals surface area contributed by atoms with Crippen LogP contribution in [0.2, 0.25) is 0 Å². The molecule has 0 aliphatic rings. The van der Waals surface area contributed by atoms with Gasteiger partial charge in [0.05, 0.1) is 4.90 Å². The van der Waals surface area contributed by atoms with E-state index in [2.05, 4.69) is 20.7 Å². The van der Waals surface area contributed by atoms with E-state index < -0.39 is 25.4 Å². The Morgan fingerprint density at radius 1 is 1.04 bits per heavy atom. The molecule has 0 amide bonds. The molecular formula is C17H19BrN2O4S. The Hall–Kier alpha value is -1.77. The Morgan fingerprint density at radius 3 is 1.92 bits per heavy atom. The van der Waals surface area contributed by atoms with Gasteiger partial charge in [-0.15, -0.1) is 0 Å². The van der Waals surface area contributed by atoms with E-state index in [1.807, 2.05) is 13.8 Å². The molecule has 0 aliphatic carbocycles. The highest BCUT2D eigenvalue weighted by Crippen LogP contribution is 2.35. The Bertz CT molecular complexity index is 863. The molecular weight excluding hydrogens is 408 g/mol. The van der Waals surface area contributed by atoms with Gasteiger partial charge in [0.1, 0.15) is 6.04 Å². The van der Waals surface area contributed by atoms with Crippen LogP contribution >= 0.6 is 15.9 Å². The van der Waals surface area contributed by atoms with Gasteiger partial charge in [0.15, 0.2) is 0 Å². The molecule has 0 aliphatic heterocycles. The number of sulfonamides is 1. The maximum atomic E-state index is 12.7. The maximum absolute atomic E-state index is 12.7. The molecule has 0 saturated heterocycles. The standard InChI is InChI=1S/C17H19BrN2O4S/c1-12-4-8-14(9-5-12)16(17(3,18)20(21)22)19-25(23,24)15-10-6-13(2)7-11-15/h4-11,16,19H,1-3H3/t16-,17+/m1/s1. The number of alkyl halides is 1. The van der Waals surface area contributed by atoms with Gasteiger partial charge in [-0.2, -0.15) is 4.72 Å². The first-order valence-corrected chi connectivity index (χ1v) is 9.80. The van der Waals surface area contributed by atoms with Gasteiger partial charge < -0.3 is 0 Å². The average Bonchev–Trinajstić information content (AvgIpc) is 2.54. The molecule has 0 radical (unpaired) electrons. The lowest BCUT2D eigenvalue weighted by molar-refractivity contribution is -0.536. The molecule has 0 spiro atoms. The molecule has 134 valence electrons. The van der Waals surface area contributed by atoms with E-state index in [9.17, 15) is 18.5 Å². The van der Waals surface area contributed by atoms with Gasteiger partial charge in [-0.05, 0) is 31.5 Å². The molecule has 1 N–H and O–H groups in total. The molecule has 25 heavy (non-hydrogen) atoms. The SMILES string of the molecule is Cc1ccc([C@@H](NS(=O)(=O)c2ccc(C)cc2)[C@@](C)(Br)[N+](=O)[O-])cc1. The van der Waals surface area contributed by atoms with Crippen molar-refractivity contribution in [3.8, 4) is 0 Å². The van der Waals surface area contributed by atoms with Crippen LogP contribution in [0, 0.1) is 24.0 Å². The molecule has 2 aromatic carbocycles. The van der Waals surface area contributed by atoms with Crippen LogP contribution in [0.15, 0.2) is 53.4 Å². The first-order valence-electron chi connectivity index (χ1n) is 7.53. The van der Waals surface area contributed by atoms with E-state index in [1.54, 1.807) is 36.4 Å². The van der Waals surface area contributed by atoms with Crippen molar-refractivity contribution in [3.05, 3.63) is 75.3 Å². The molecule has 0 unspecified atom stereocenters. The van der Waals surface area contributed by atoms with E-state index in [0.717, 1.165) is 11.1 Å². The summed E-state index contributed by atoms with van der Waals surface area (Å²) >= 11 is 3.08. The molecule has 2 aromatic rings. The predicted molar refractivity (Wildman–Crippen MR) is 99.7 cm³/mol. The van der Waals surface area contributed by atoms with E-state index in [0.29, 0.717) is 5.56 Å². The van der Waals surface area contributed by atoms with Gasteiger partial charge in [0.25, 0.3) is 4.45 Å². The van der Waals surface area contributed by atoms with Crippen molar-refractivity contribution in [2.24, 2.45) is 0 Å². The molecule has 0 aromatic heterocycles. The van der Waals surface area contributed by atoms with Crippen LogP contribution < -0.4 is 4.72 Å². The Balaban J connectivity index is 2.47. The molecule has 0 bridgehead atoms. The van der Waals surface area contributed by atoms with Crippen LogP contribution in [0.3, 0.4) is 0 Å². The fourth-order valence-corrected chi connectivity index (χ4v) is 4.12. The number of benzene rings is 2. The quantitative estimate of drug-likeness (QED) is 0.329. The number of nitrogens with zero attached hydrogens (tertiary/aromatic N) is 1. The normalized spacial score (nSPS) is 15.4. The van der Waals surface area contributed by atoms with Gasteiger partial charge in [0.2, 0.25) is 10.0 Å². The van der Waals surface area contributed by atoms with Gasteiger partial charge in [-0.25, -0.2) is 8.42 Å². The van der Waals surface area contributed by atoms with Crippen molar-refractivity contribution < 1.29 is 13.3 Å². The van der Waals surface area contributed by atoms with E-state index >= 15 is 0 Å². The number of hydrogen-bond donors (Lipinski definition) is 1. The lowest BCUT2D eigenvalue weighted by Crippen LogP contribution is -2.45. The lowest BCUT2D eigenvalue weighted by atomic mass is 10.0. The van der Waals surface area contributed by atoms with Gasteiger partial charge in [-0.3, -0.25) is 10.1 Å². The summed E-state index contributed by atoms with van der Waals surface area (Å²) in [7, 11) is -3.94. The fraction of sp³-hybridized carbons (Fsp3) is 0.294. The van der Waals surface area contributed by atoms with Crippen molar-refractivity contribution in [2.75, 3.05) is 0 Å². The third-order valence-corrected chi connectivity index (χ3v) is 6.09. The zero-order valence-corrected chi connectivity index (χ0v) is 16.5. The van der Waals surface area contributed by atoms with Crippen LogP contribution in [0.5, 0.6) is 0 Å². The van der Waals surface area contributed by atoms with Crippen LogP contribution in [0.4, 0.5) is 0 Å². The Morgan fingerprint density at radius 2 is 1.48 bits per heavy atom. The summed E-state index contributed by atoms with van der Waals surface area (Å²) in [4.78, 5) is 11.0. The van der Waals surface area contributed by atoms with Crippen LogP contribution in [-0.2, 0) is 10.0 Å². The van der Waals surface area contributed by atoms with Crippen molar-refractivity contribution in [2.45, 2.75) is 36.2 Å². The summed E-state index contributed by atoms with van der Waals surface area (Å²) in [5.74, 6) is 0. The molecule has 6 nitrogen and oxygen atoms in total. The molecule has 2 atom stereocenters. The monoisotopic (exact) mass is 426 g/mol. The second-order valence-corrected chi connectivity index (χ2v) is 9.38. The maximum Gasteiger partial charge on any atom is 0.291 e. The van der Waals surface area contributed by atoms with Gasteiger partial charge >= 0.3 is 0 Å². The van der Waals surface area contributed by atoms with Gasteiger partial charge in [-0.1, -0.05) is 47.5 Å². The molecule has 8 heteroatoms. The summed E-state index contributed by atoms with van der Waals surface area (Å²) in [5.41, 5.74) is 2.39. The summed E-state index contributed by atoms with van der Waals surface area (Å²) in [5, 5.41) is 11.5. The Labute approximate surface area is 155 Å². The summed E-state index contributed by atoms with van der Waals surface area (Å²) in [6, 6.07) is 12.1. The van der Waals surface area contributed by atoms with Crippen LogP contribution in [0.25, 0.3) is 0 Å². The van der Waals surface area contributed by atoms with Gasteiger partial charge in [0, 0.05) is 27.8 Å². The zero-order valence-electron chi connectivity index (χ0n) is 14.1. The number of hydrogen-bond acceptors (Lipinski definition) is 4. The van der Waals surface area contributed by atoms with E-state index in [-0.39, 0.29) is 4.90 Å². The molecule has 0 saturated carbocycles. The predicted octanol–water partition coefficient (Wildman–Crippen LogP) is 3.71. The Kier molecular flexibility index (Phi) is 5.65. The molecule has 0 heterocycles. The highest BCUT2D eigenvalue weighted by Gasteiger charge is 2.46. The number of nitro groups is 1. The van der Waals surface area contributed by atoms with Crippen molar-refractivity contribution in [1.82, 2.24) is 4.72 Å². The minimum absolute atomic E-state index is 0.0573. The summed E-state index contributed by atoms with van der Waals surface area (Å²) in [6.45, 7) is 5.06. The fourth-order valence-electron chi connectivity index (χ4n) is 2.28. The van der Waals surface area contributed by atoms with E-state index in [4.69, 9.17) is 0 Å². The first kappa shape index (κ1) is 19.6. The minimum Gasteiger partial charge on any atom is -0.263 e. The van der Waals surface area contributed by atoms with Crippen molar-refractivity contribution in [3.63, 3.8) is 0 Å².